The number of nitrogens with two attached hydrogens (primary N) is 1. The number of hydrogen-bond acceptors (Lipinski definition) is 5. The van der Waals surface area contributed by atoms with E-state index in [2.05, 4.69) is 10.3 Å². The Morgan fingerprint density at radius 1 is 1.37 bits per heavy atom. The fourth-order valence-corrected chi connectivity index (χ4v) is 2.18. The van der Waals surface area contributed by atoms with Crippen LogP contribution in [0.25, 0.3) is 0 Å². The van der Waals surface area contributed by atoms with E-state index in [1.165, 1.54) is 11.3 Å². The maximum Gasteiger partial charge on any atom is 0.408 e. The van der Waals surface area contributed by atoms with Crippen molar-refractivity contribution >= 4 is 22.6 Å². The van der Waals surface area contributed by atoms with Crippen LogP contribution in [0.4, 0.5) is 9.93 Å². The van der Waals surface area contributed by atoms with Crippen LogP contribution in [-0.4, -0.2) is 16.7 Å². The Bertz CT molecular complexity index is 443. The summed E-state index contributed by atoms with van der Waals surface area (Å²) in [6.07, 6.45) is -0.445. The molecule has 0 bridgehead atoms. The monoisotopic (exact) mass is 285 g/mol. The van der Waals surface area contributed by atoms with Gasteiger partial charge in [0.25, 0.3) is 0 Å². The molecule has 1 aromatic rings. The number of nitrogens with one attached hydrogen (secondary N) is 1. The fourth-order valence-electron chi connectivity index (χ4n) is 1.59. The van der Waals surface area contributed by atoms with Crippen molar-refractivity contribution < 1.29 is 9.53 Å². The van der Waals surface area contributed by atoms with Gasteiger partial charge in [0.1, 0.15) is 5.60 Å². The first-order valence-corrected chi connectivity index (χ1v) is 7.07. The van der Waals surface area contributed by atoms with Gasteiger partial charge >= 0.3 is 6.09 Å². The summed E-state index contributed by atoms with van der Waals surface area (Å²) in [6, 6.07) is -0.240. The van der Waals surface area contributed by atoms with Gasteiger partial charge < -0.3 is 15.8 Å². The van der Waals surface area contributed by atoms with Gasteiger partial charge in [0.05, 0.1) is 11.7 Å². The summed E-state index contributed by atoms with van der Waals surface area (Å²) in [5.74, 6) is 0. The minimum Gasteiger partial charge on any atom is -0.444 e. The van der Waals surface area contributed by atoms with Crippen molar-refractivity contribution in [3.8, 4) is 0 Å². The van der Waals surface area contributed by atoms with Gasteiger partial charge in [0, 0.05) is 5.38 Å². The molecule has 0 fully saturated rings. The lowest BCUT2D eigenvalue weighted by Gasteiger charge is -2.31. The lowest BCUT2D eigenvalue weighted by Crippen LogP contribution is -2.40. The largest absolute Gasteiger partial charge is 0.444 e. The number of carbonyl (C=O) groups is 1. The molecule has 0 saturated heterocycles. The van der Waals surface area contributed by atoms with E-state index in [0.29, 0.717) is 5.13 Å². The molecule has 1 atom stereocenters. The second-order valence-corrected chi connectivity index (χ2v) is 7.45. The van der Waals surface area contributed by atoms with Crippen molar-refractivity contribution in [3.05, 3.63) is 11.1 Å². The van der Waals surface area contributed by atoms with E-state index in [1.54, 1.807) is 0 Å². The SMILES string of the molecule is CC(C)(C)OC(=O)N[C@@H](c1csc(N)n1)C(C)(C)C. The highest BCUT2D eigenvalue weighted by Crippen LogP contribution is 2.33. The first kappa shape index (κ1) is 15.8. The van der Waals surface area contributed by atoms with Gasteiger partial charge in [0.15, 0.2) is 5.13 Å². The maximum absolute atomic E-state index is 11.9. The summed E-state index contributed by atoms with van der Waals surface area (Å²) in [6.45, 7) is 11.6. The lowest BCUT2D eigenvalue weighted by atomic mass is 9.85. The number of anilines is 1. The van der Waals surface area contributed by atoms with Gasteiger partial charge in [-0.05, 0) is 26.2 Å². The zero-order valence-corrected chi connectivity index (χ0v) is 13.2. The molecule has 3 N–H and O–H groups in total. The highest BCUT2D eigenvalue weighted by Gasteiger charge is 2.31. The predicted molar refractivity (Wildman–Crippen MR) is 78.1 cm³/mol. The summed E-state index contributed by atoms with van der Waals surface area (Å²) >= 11 is 1.36. The van der Waals surface area contributed by atoms with Crippen LogP contribution in [0.5, 0.6) is 0 Å². The zero-order chi connectivity index (χ0) is 14.8. The van der Waals surface area contributed by atoms with E-state index in [0.717, 1.165) is 5.69 Å². The molecule has 1 heterocycles. The molecule has 19 heavy (non-hydrogen) atoms. The van der Waals surface area contributed by atoms with E-state index in [-0.39, 0.29) is 11.5 Å². The molecule has 0 aliphatic carbocycles. The quantitative estimate of drug-likeness (QED) is 0.873. The molecule has 1 aromatic heterocycles. The van der Waals surface area contributed by atoms with Crippen molar-refractivity contribution in [2.75, 3.05) is 5.73 Å². The number of aromatic nitrogens is 1. The molecule has 5 nitrogen and oxygen atoms in total. The molecule has 0 aliphatic heterocycles. The van der Waals surface area contributed by atoms with E-state index in [1.807, 2.05) is 46.9 Å². The average Bonchev–Trinajstić information content (AvgIpc) is 2.56. The molecule has 0 saturated carbocycles. The summed E-state index contributed by atoms with van der Waals surface area (Å²) in [4.78, 5) is 16.2. The van der Waals surface area contributed by atoms with Crippen molar-refractivity contribution in [2.24, 2.45) is 5.41 Å². The topological polar surface area (TPSA) is 77.2 Å². The van der Waals surface area contributed by atoms with E-state index < -0.39 is 11.7 Å². The van der Waals surface area contributed by atoms with Gasteiger partial charge in [-0.1, -0.05) is 20.8 Å². The van der Waals surface area contributed by atoms with Crippen molar-refractivity contribution in [1.29, 1.82) is 0 Å². The molecular weight excluding hydrogens is 262 g/mol. The van der Waals surface area contributed by atoms with Crippen LogP contribution in [0.2, 0.25) is 0 Å². The van der Waals surface area contributed by atoms with Crippen LogP contribution in [0.3, 0.4) is 0 Å². The van der Waals surface area contributed by atoms with Gasteiger partial charge in [-0.3, -0.25) is 0 Å². The third-order valence-corrected chi connectivity index (χ3v) is 3.05. The number of carbonyl (C=O) groups excluding carboxylic acids is 1. The predicted octanol–water partition coefficient (Wildman–Crippen LogP) is 3.34. The van der Waals surface area contributed by atoms with E-state index in [9.17, 15) is 4.79 Å². The number of thiazole rings is 1. The van der Waals surface area contributed by atoms with Crippen molar-refractivity contribution in [2.45, 2.75) is 53.2 Å². The number of rotatable bonds is 2. The highest BCUT2D eigenvalue weighted by atomic mass is 32.1. The Morgan fingerprint density at radius 2 is 1.95 bits per heavy atom. The zero-order valence-electron chi connectivity index (χ0n) is 12.4. The maximum atomic E-state index is 11.9. The highest BCUT2D eigenvalue weighted by molar-refractivity contribution is 7.13. The van der Waals surface area contributed by atoms with E-state index in [4.69, 9.17) is 10.5 Å². The summed E-state index contributed by atoms with van der Waals surface area (Å²) in [7, 11) is 0. The molecule has 6 heteroatoms. The number of hydrogen-bond donors (Lipinski definition) is 2. The minimum absolute atomic E-state index is 0.183. The number of nitrogens with zero attached hydrogens (tertiary/aromatic N) is 1. The molecular formula is C13H23N3O2S. The van der Waals surface area contributed by atoms with Gasteiger partial charge in [-0.25, -0.2) is 9.78 Å². The first-order valence-electron chi connectivity index (χ1n) is 6.19. The molecule has 0 radical (unpaired) electrons. The summed E-state index contributed by atoms with van der Waals surface area (Å²) in [5, 5.41) is 5.23. The molecule has 0 aliphatic rings. The third-order valence-electron chi connectivity index (χ3n) is 2.36. The van der Waals surface area contributed by atoms with Gasteiger partial charge in [-0.2, -0.15) is 0 Å². The molecule has 1 rings (SSSR count). The van der Waals surface area contributed by atoms with Crippen LogP contribution in [0.1, 0.15) is 53.3 Å². The fraction of sp³-hybridized carbons (Fsp3) is 0.692. The van der Waals surface area contributed by atoms with Gasteiger partial charge in [-0.15, -0.1) is 11.3 Å². The van der Waals surface area contributed by atoms with Gasteiger partial charge in [0.2, 0.25) is 0 Å². The van der Waals surface area contributed by atoms with Crippen LogP contribution in [-0.2, 0) is 4.74 Å². The number of nitrogen functional groups attached to an aromatic ring is 1. The first-order chi connectivity index (χ1) is 8.49. The lowest BCUT2D eigenvalue weighted by molar-refractivity contribution is 0.0461. The summed E-state index contributed by atoms with van der Waals surface area (Å²) < 4.78 is 5.29. The van der Waals surface area contributed by atoms with Crippen LogP contribution in [0, 0.1) is 5.41 Å². The number of alkyl carbamates (subject to hydrolysis) is 1. The molecule has 0 spiro atoms. The average molecular weight is 285 g/mol. The smallest absolute Gasteiger partial charge is 0.408 e. The Hall–Kier alpha value is -1.30. The number of ether oxygens (including phenoxy) is 1. The summed E-state index contributed by atoms with van der Waals surface area (Å²) in [5.41, 5.74) is 5.72. The Labute approximate surface area is 118 Å². The Kier molecular flexibility index (Phi) is 4.45. The standard InChI is InChI=1S/C13H23N3O2S/c1-12(2,3)9(8-7-19-10(14)15-8)16-11(17)18-13(4,5)6/h7,9H,1-6H3,(H2,14,15)(H,16,17)/t9-/m0/s1. The normalized spacial score (nSPS) is 14.0. The second kappa shape index (κ2) is 5.36. The molecule has 108 valence electrons. The van der Waals surface area contributed by atoms with E-state index >= 15 is 0 Å². The van der Waals surface area contributed by atoms with Crippen LogP contribution in [0.15, 0.2) is 5.38 Å². The number of amides is 1. The minimum atomic E-state index is -0.520. The van der Waals surface area contributed by atoms with Crippen LogP contribution < -0.4 is 11.1 Å². The van der Waals surface area contributed by atoms with Crippen molar-refractivity contribution in [1.82, 2.24) is 10.3 Å². The molecule has 1 amide bonds. The molecule has 0 aromatic carbocycles. The van der Waals surface area contributed by atoms with Crippen molar-refractivity contribution in [3.63, 3.8) is 0 Å². The van der Waals surface area contributed by atoms with Crippen LogP contribution >= 0.6 is 11.3 Å². The Morgan fingerprint density at radius 3 is 2.32 bits per heavy atom. The third kappa shape index (κ3) is 5.06. The second-order valence-electron chi connectivity index (χ2n) is 6.56. The Balaban J connectivity index is 2.86. The molecule has 0 unspecified atom stereocenters.